The van der Waals surface area contributed by atoms with E-state index in [0.29, 0.717) is 18.6 Å². The Balaban J connectivity index is 1.25. The highest BCUT2D eigenvalue weighted by Gasteiger charge is 2.40. The molecule has 9 heteroatoms. The molecule has 0 bridgehead atoms. The smallest absolute Gasteiger partial charge is 0.329 e. The van der Waals surface area contributed by atoms with E-state index in [1.165, 1.54) is 0 Å². The highest BCUT2D eigenvalue weighted by atomic mass is 16.5. The van der Waals surface area contributed by atoms with Crippen LogP contribution in [0.4, 0.5) is 4.79 Å². The minimum atomic E-state index is -0.0682. The van der Waals surface area contributed by atoms with Gasteiger partial charge >= 0.3 is 6.03 Å². The lowest BCUT2D eigenvalue weighted by Crippen LogP contribution is -2.50. The van der Waals surface area contributed by atoms with Crippen LogP contribution in [0.3, 0.4) is 0 Å². The second kappa shape index (κ2) is 9.15. The molecule has 32 heavy (non-hydrogen) atoms. The van der Waals surface area contributed by atoms with Crippen molar-refractivity contribution in [2.24, 2.45) is 16.8 Å². The van der Waals surface area contributed by atoms with Crippen LogP contribution >= 0.6 is 0 Å². The lowest BCUT2D eigenvalue weighted by atomic mass is 9.96. The highest BCUT2D eigenvalue weighted by molar-refractivity contribution is 6.02. The fourth-order valence-electron chi connectivity index (χ4n) is 5.12. The summed E-state index contributed by atoms with van der Waals surface area (Å²) in [6.45, 7) is 9.17. The predicted octanol–water partition coefficient (Wildman–Crippen LogP) is 2.17. The average Bonchev–Trinajstić information content (AvgIpc) is 3.40. The standard InChI is InChI=1S/C23H33N7O2/c1-3-4-20-24-9-17(10-25-20)12-28-11-16(2)19(13-28)22-26-21-14-29(15-30(21)23(31)27-22)18-5-7-32-8-6-18/h9-10,14,16,18-19H,3-8,11-13,15H2,1-2H3,(H,26,27,31). The van der Waals surface area contributed by atoms with E-state index in [4.69, 9.17) is 9.73 Å². The number of amidine groups is 1. The molecule has 2 unspecified atom stereocenters. The Hall–Kier alpha value is -2.52. The second-order valence-electron chi connectivity index (χ2n) is 9.38. The molecule has 4 aliphatic rings. The van der Waals surface area contributed by atoms with Crippen LogP contribution in [0.5, 0.6) is 0 Å². The lowest BCUT2D eigenvalue weighted by molar-refractivity contribution is 0.0459. The van der Waals surface area contributed by atoms with Gasteiger partial charge in [0.15, 0.2) is 5.82 Å². The van der Waals surface area contributed by atoms with Gasteiger partial charge in [-0.25, -0.2) is 19.8 Å². The summed E-state index contributed by atoms with van der Waals surface area (Å²) in [5, 5.41) is 3.08. The van der Waals surface area contributed by atoms with Crippen LogP contribution in [0.15, 0.2) is 29.4 Å². The second-order valence-corrected chi connectivity index (χ2v) is 9.38. The number of amides is 2. The molecule has 1 aromatic heterocycles. The molecule has 1 aromatic rings. The van der Waals surface area contributed by atoms with Crippen molar-refractivity contribution in [2.45, 2.75) is 52.1 Å². The number of carbonyl (C=O) groups excluding carboxylic acids is 1. The number of ether oxygens (including phenoxy) is 1. The molecule has 172 valence electrons. The third-order valence-electron chi connectivity index (χ3n) is 6.92. The van der Waals surface area contributed by atoms with Gasteiger partial charge in [0.05, 0.1) is 0 Å². The molecular weight excluding hydrogens is 406 g/mol. The number of urea groups is 1. The first-order valence-electron chi connectivity index (χ1n) is 11.8. The first-order valence-corrected chi connectivity index (χ1v) is 11.8. The number of hydrogen-bond acceptors (Lipinski definition) is 7. The average molecular weight is 440 g/mol. The van der Waals surface area contributed by atoms with Crippen LogP contribution in [-0.4, -0.2) is 75.5 Å². The van der Waals surface area contributed by atoms with E-state index in [2.05, 4.69) is 45.1 Å². The van der Waals surface area contributed by atoms with Crippen molar-refractivity contribution >= 4 is 11.9 Å². The summed E-state index contributed by atoms with van der Waals surface area (Å²) < 4.78 is 5.48. The maximum Gasteiger partial charge on any atom is 0.329 e. The Morgan fingerprint density at radius 3 is 2.72 bits per heavy atom. The number of carbonyl (C=O) groups is 1. The van der Waals surface area contributed by atoms with Crippen LogP contribution in [0.2, 0.25) is 0 Å². The van der Waals surface area contributed by atoms with Gasteiger partial charge in [-0.05, 0) is 25.2 Å². The number of nitrogens with one attached hydrogen (secondary N) is 1. The maximum absolute atomic E-state index is 12.8. The zero-order valence-corrected chi connectivity index (χ0v) is 19.0. The Labute approximate surface area is 189 Å². The van der Waals surface area contributed by atoms with Crippen LogP contribution in [0, 0.1) is 11.8 Å². The van der Waals surface area contributed by atoms with Crippen molar-refractivity contribution in [1.29, 1.82) is 0 Å². The van der Waals surface area contributed by atoms with E-state index in [-0.39, 0.29) is 11.9 Å². The van der Waals surface area contributed by atoms with Crippen LogP contribution in [0.1, 0.15) is 44.5 Å². The Bertz CT molecular complexity index is 894. The summed E-state index contributed by atoms with van der Waals surface area (Å²) >= 11 is 0. The van der Waals surface area contributed by atoms with Gasteiger partial charge in [-0.2, -0.15) is 0 Å². The molecular formula is C23H33N7O2. The summed E-state index contributed by atoms with van der Waals surface area (Å²) in [7, 11) is 0. The van der Waals surface area contributed by atoms with Crippen LogP contribution < -0.4 is 5.32 Å². The molecule has 2 atom stereocenters. The number of hydrogen-bond donors (Lipinski definition) is 1. The zero-order valence-electron chi connectivity index (χ0n) is 19.0. The number of likely N-dealkylation sites (tertiary alicyclic amines) is 1. The van der Waals surface area contributed by atoms with Gasteiger partial charge in [0.25, 0.3) is 0 Å². The number of rotatable bonds is 6. The molecule has 0 spiro atoms. The number of aliphatic imine (C=N–C) groups is 1. The summed E-state index contributed by atoms with van der Waals surface area (Å²) in [6, 6.07) is 0.349. The first-order chi connectivity index (χ1) is 15.6. The number of nitrogens with zero attached hydrogens (tertiary/aromatic N) is 6. The van der Waals surface area contributed by atoms with E-state index >= 15 is 0 Å². The van der Waals surface area contributed by atoms with Crippen molar-refractivity contribution < 1.29 is 9.53 Å². The minimum absolute atomic E-state index is 0.0682. The molecule has 5 heterocycles. The largest absolute Gasteiger partial charge is 0.381 e. The number of aromatic nitrogens is 2. The lowest BCUT2D eigenvalue weighted by Gasteiger charge is -2.32. The first kappa shape index (κ1) is 21.3. The molecule has 1 N–H and O–H groups in total. The Morgan fingerprint density at radius 2 is 1.97 bits per heavy atom. The molecule has 2 saturated heterocycles. The van der Waals surface area contributed by atoms with Gasteiger partial charge < -0.3 is 9.64 Å². The summed E-state index contributed by atoms with van der Waals surface area (Å²) in [5.41, 5.74) is 1.13. The molecule has 2 fully saturated rings. The van der Waals surface area contributed by atoms with Gasteiger partial charge in [-0.3, -0.25) is 15.1 Å². The fourth-order valence-corrected chi connectivity index (χ4v) is 5.12. The molecule has 2 amide bonds. The Kier molecular flexibility index (Phi) is 6.10. The van der Waals surface area contributed by atoms with E-state index in [9.17, 15) is 4.79 Å². The molecule has 0 radical (unpaired) electrons. The summed E-state index contributed by atoms with van der Waals surface area (Å²) in [4.78, 5) is 33.1. The van der Waals surface area contributed by atoms with Gasteiger partial charge in [0, 0.05) is 75.4 Å². The molecule has 0 saturated carbocycles. The molecule has 5 rings (SSSR count). The fraction of sp³-hybridized carbons (Fsp3) is 0.652. The summed E-state index contributed by atoms with van der Waals surface area (Å²) in [5.74, 6) is 3.10. The van der Waals surface area contributed by atoms with Gasteiger partial charge in [-0.15, -0.1) is 0 Å². The van der Waals surface area contributed by atoms with E-state index < -0.39 is 0 Å². The Morgan fingerprint density at radius 1 is 1.19 bits per heavy atom. The van der Waals surface area contributed by atoms with Crippen molar-refractivity contribution in [3.05, 3.63) is 35.8 Å². The SMILES string of the molecule is CCCc1ncc(CN2CC(C)C(C3=NC4=CN(C5CCOCC5)CN4C(=O)N3)C2)cn1. The van der Waals surface area contributed by atoms with E-state index in [0.717, 1.165) is 81.6 Å². The summed E-state index contributed by atoms with van der Waals surface area (Å²) in [6.07, 6.45) is 9.91. The minimum Gasteiger partial charge on any atom is -0.381 e. The van der Waals surface area contributed by atoms with Gasteiger partial charge in [0.2, 0.25) is 0 Å². The van der Waals surface area contributed by atoms with Crippen molar-refractivity contribution in [3.63, 3.8) is 0 Å². The molecule has 4 aliphatic heterocycles. The van der Waals surface area contributed by atoms with Gasteiger partial charge in [0.1, 0.15) is 18.3 Å². The number of aryl methyl sites for hydroxylation is 1. The quantitative estimate of drug-likeness (QED) is 0.731. The highest BCUT2D eigenvalue weighted by Crippen LogP contribution is 2.30. The van der Waals surface area contributed by atoms with Crippen molar-refractivity contribution in [1.82, 2.24) is 30.0 Å². The zero-order chi connectivity index (χ0) is 22.1. The number of fused-ring (bicyclic) bond motifs is 1. The van der Waals surface area contributed by atoms with Crippen molar-refractivity contribution in [3.8, 4) is 0 Å². The van der Waals surface area contributed by atoms with Crippen LogP contribution in [0.25, 0.3) is 0 Å². The maximum atomic E-state index is 12.8. The monoisotopic (exact) mass is 439 g/mol. The topological polar surface area (TPSA) is 86.2 Å². The van der Waals surface area contributed by atoms with Crippen LogP contribution in [-0.2, 0) is 17.7 Å². The van der Waals surface area contributed by atoms with E-state index in [1.54, 1.807) is 4.90 Å². The predicted molar refractivity (Wildman–Crippen MR) is 120 cm³/mol. The van der Waals surface area contributed by atoms with Crippen molar-refractivity contribution in [2.75, 3.05) is 33.0 Å². The van der Waals surface area contributed by atoms with E-state index in [1.807, 2.05) is 12.4 Å². The third kappa shape index (κ3) is 4.36. The van der Waals surface area contributed by atoms with Gasteiger partial charge in [-0.1, -0.05) is 13.8 Å². The molecule has 0 aliphatic carbocycles. The third-order valence-corrected chi connectivity index (χ3v) is 6.92. The molecule has 9 nitrogen and oxygen atoms in total. The normalized spacial score (nSPS) is 26.8. The molecule has 0 aromatic carbocycles.